The highest BCUT2D eigenvalue weighted by Gasteiger charge is 2.45. The summed E-state index contributed by atoms with van der Waals surface area (Å²) in [4.78, 5) is 11.0. The van der Waals surface area contributed by atoms with Crippen LogP contribution in [0.4, 0.5) is 0 Å². The Kier molecular flexibility index (Phi) is 4.09. The molecule has 1 rings (SSSR count). The van der Waals surface area contributed by atoms with Gasteiger partial charge in [-0.15, -0.1) is 0 Å². The van der Waals surface area contributed by atoms with E-state index in [1.807, 2.05) is 0 Å². The van der Waals surface area contributed by atoms with Gasteiger partial charge < -0.3 is 26.2 Å². The molecule has 7 heteroatoms. The van der Waals surface area contributed by atoms with Gasteiger partial charge in [-0.3, -0.25) is 4.79 Å². The molecule has 0 aromatic carbocycles. The Hall–Kier alpha value is -0.625. The van der Waals surface area contributed by atoms with Crippen LogP contribution < -0.4 is 11.1 Å². The lowest BCUT2D eigenvalue weighted by molar-refractivity contribution is -0.143. The van der Waals surface area contributed by atoms with E-state index in [0.717, 1.165) is 0 Å². The summed E-state index contributed by atoms with van der Waals surface area (Å²) in [6, 6.07) is -0.284. The number of nitrogens with one attached hydrogen (secondary N) is 1. The Balaban J connectivity index is 2.43. The van der Waals surface area contributed by atoms with Gasteiger partial charge in [-0.2, -0.15) is 0 Å². The lowest BCUT2D eigenvalue weighted by atomic mass is 9.80. The van der Waals surface area contributed by atoms with Gasteiger partial charge in [0.05, 0.1) is 0 Å². The highest BCUT2D eigenvalue weighted by Crippen LogP contribution is 2.23. The fourth-order valence-corrected chi connectivity index (χ4v) is 1.93. The van der Waals surface area contributed by atoms with Crippen molar-refractivity contribution in [2.45, 2.75) is 37.2 Å². The molecule has 6 nitrogen and oxygen atoms in total. The molecule has 0 bridgehead atoms. The van der Waals surface area contributed by atoms with E-state index in [4.69, 9.17) is 20.9 Å². The molecule has 0 aliphatic carbocycles. The van der Waals surface area contributed by atoms with Gasteiger partial charge in [0.25, 0.3) is 0 Å². The summed E-state index contributed by atoms with van der Waals surface area (Å²) in [5, 5.41) is 29.3. The molecule has 15 heavy (non-hydrogen) atoms. The van der Waals surface area contributed by atoms with Crippen molar-refractivity contribution in [3.8, 4) is 0 Å². The molecular weight excluding hydrogens is 199 g/mol. The third-order valence-corrected chi connectivity index (χ3v) is 2.90. The van der Waals surface area contributed by atoms with E-state index in [1.54, 1.807) is 0 Å². The topological polar surface area (TPSA) is 116 Å². The van der Waals surface area contributed by atoms with Crippen LogP contribution in [0.3, 0.4) is 0 Å². The summed E-state index contributed by atoms with van der Waals surface area (Å²) in [6.07, 6.45) is 1.74. The zero-order valence-corrected chi connectivity index (χ0v) is 8.52. The molecule has 0 radical (unpaired) electrons. The van der Waals surface area contributed by atoms with Crippen molar-refractivity contribution in [2.75, 3.05) is 6.54 Å². The lowest BCUT2D eigenvalue weighted by Crippen LogP contribution is -2.56. The van der Waals surface area contributed by atoms with E-state index < -0.39 is 18.6 Å². The first-order valence-electron chi connectivity index (χ1n) is 5.08. The minimum Gasteiger partial charge on any atom is -0.480 e. The first-order valence-corrected chi connectivity index (χ1v) is 5.08. The zero-order chi connectivity index (χ0) is 11.5. The Labute approximate surface area is 88.6 Å². The summed E-state index contributed by atoms with van der Waals surface area (Å²) in [7, 11) is -1.33. The first kappa shape index (κ1) is 12.4. The van der Waals surface area contributed by atoms with Gasteiger partial charge in [0.15, 0.2) is 0 Å². The van der Waals surface area contributed by atoms with Gasteiger partial charge in [-0.1, -0.05) is 6.42 Å². The van der Waals surface area contributed by atoms with Crippen molar-refractivity contribution in [1.29, 1.82) is 0 Å². The predicted molar refractivity (Wildman–Crippen MR) is 55.2 cm³/mol. The van der Waals surface area contributed by atoms with E-state index in [-0.39, 0.29) is 12.4 Å². The molecule has 0 aromatic heterocycles. The smallest absolute Gasteiger partial charge is 0.451 e. The number of carboxylic acids is 1. The van der Waals surface area contributed by atoms with E-state index in [9.17, 15) is 4.79 Å². The number of hydrogen-bond donors (Lipinski definition) is 5. The predicted octanol–water partition coefficient (Wildman–Crippen LogP) is -1.62. The number of carboxylic acid groups (broad SMARTS) is 1. The maximum Gasteiger partial charge on any atom is 0.451 e. The fourth-order valence-electron chi connectivity index (χ4n) is 1.93. The minimum atomic E-state index is -1.33. The van der Waals surface area contributed by atoms with Gasteiger partial charge in [-0.25, -0.2) is 0 Å². The highest BCUT2D eigenvalue weighted by molar-refractivity contribution is 6.40. The molecule has 1 aliphatic rings. The van der Waals surface area contributed by atoms with E-state index in [0.29, 0.717) is 25.8 Å². The molecule has 2 atom stereocenters. The molecule has 1 aliphatic heterocycles. The maximum absolute atomic E-state index is 11.0. The van der Waals surface area contributed by atoms with Crippen LogP contribution in [0.15, 0.2) is 0 Å². The average Bonchev–Trinajstić information content (AvgIpc) is 2.49. The zero-order valence-electron chi connectivity index (χ0n) is 8.52. The summed E-state index contributed by atoms with van der Waals surface area (Å²) in [6.45, 7) is 0.592. The second kappa shape index (κ2) is 4.93. The van der Waals surface area contributed by atoms with Crippen LogP contribution in [0.25, 0.3) is 0 Å². The molecule has 0 saturated carbocycles. The Bertz CT molecular complexity index is 239. The number of aliphatic carboxylic acids is 1. The molecule has 0 unspecified atom stereocenters. The van der Waals surface area contributed by atoms with E-state index in [1.165, 1.54) is 0 Å². The number of carbonyl (C=O) groups is 1. The first-order chi connectivity index (χ1) is 6.97. The quantitative estimate of drug-likeness (QED) is 0.353. The number of rotatable bonds is 5. The monoisotopic (exact) mass is 216 g/mol. The van der Waals surface area contributed by atoms with Crippen molar-refractivity contribution in [3.05, 3.63) is 0 Å². The van der Waals surface area contributed by atoms with E-state index in [2.05, 4.69) is 5.32 Å². The minimum absolute atomic E-state index is 0.244. The molecule has 1 fully saturated rings. The van der Waals surface area contributed by atoms with Gasteiger partial charge in [0.1, 0.15) is 5.54 Å². The second-order valence-corrected chi connectivity index (χ2v) is 4.01. The van der Waals surface area contributed by atoms with Crippen LogP contribution in [0.2, 0.25) is 6.32 Å². The number of hydrogen-bond acceptors (Lipinski definition) is 5. The highest BCUT2D eigenvalue weighted by atomic mass is 16.4. The van der Waals surface area contributed by atoms with Crippen LogP contribution in [0.5, 0.6) is 0 Å². The molecular formula is C8H17BN2O4. The molecule has 0 aromatic rings. The summed E-state index contributed by atoms with van der Waals surface area (Å²) >= 11 is 0. The lowest BCUT2D eigenvalue weighted by Gasteiger charge is -2.26. The second-order valence-electron chi connectivity index (χ2n) is 4.01. The van der Waals surface area contributed by atoms with Crippen molar-refractivity contribution in [2.24, 2.45) is 5.73 Å². The third-order valence-electron chi connectivity index (χ3n) is 2.90. The largest absolute Gasteiger partial charge is 0.480 e. The van der Waals surface area contributed by atoms with Crippen LogP contribution in [-0.4, -0.2) is 46.4 Å². The normalized spacial score (nSPS) is 30.5. The van der Waals surface area contributed by atoms with Crippen molar-refractivity contribution in [1.82, 2.24) is 5.32 Å². The van der Waals surface area contributed by atoms with Crippen LogP contribution in [0.1, 0.15) is 19.3 Å². The van der Waals surface area contributed by atoms with Crippen LogP contribution in [-0.2, 0) is 4.79 Å². The number of nitrogens with two attached hydrogens (primary N) is 1. The van der Waals surface area contributed by atoms with Crippen molar-refractivity contribution in [3.63, 3.8) is 0 Å². The fraction of sp³-hybridized carbons (Fsp3) is 0.875. The summed E-state index contributed by atoms with van der Waals surface area (Å²) < 4.78 is 0. The maximum atomic E-state index is 11.0. The average molecular weight is 216 g/mol. The molecule has 1 heterocycles. The Morgan fingerprint density at radius 3 is 2.80 bits per heavy atom. The summed E-state index contributed by atoms with van der Waals surface area (Å²) in [5.74, 6) is -0.998. The molecule has 1 saturated heterocycles. The van der Waals surface area contributed by atoms with Gasteiger partial charge >= 0.3 is 13.1 Å². The van der Waals surface area contributed by atoms with Gasteiger partial charge in [0, 0.05) is 6.04 Å². The van der Waals surface area contributed by atoms with Crippen LogP contribution >= 0.6 is 0 Å². The Morgan fingerprint density at radius 1 is 1.60 bits per heavy atom. The van der Waals surface area contributed by atoms with E-state index >= 15 is 0 Å². The standard InChI is InChI=1S/C8H17BN2O4/c10-8(7(12)13)3-5-11-6(8)2-1-4-9(14)15/h6,11,14-15H,1-5,10H2,(H,12,13)/t6-,8-/m0/s1. The van der Waals surface area contributed by atoms with Gasteiger partial charge in [0.2, 0.25) is 0 Å². The summed E-state index contributed by atoms with van der Waals surface area (Å²) in [5.41, 5.74) is 4.57. The van der Waals surface area contributed by atoms with Gasteiger partial charge in [-0.05, 0) is 25.7 Å². The van der Waals surface area contributed by atoms with Crippen molar-refractivity contribution >= 4 is 13.1 Å². The Morgan fingerprint density at radius 2 is 2.27 bits per heavy atom. The molecule has 0 amide bonds. The van der Waals surface area contributed by atoms with Crippen molar-refractivity contribution < 1.29 is 19.9 Å². The molecule has 6 N–H and O–H groups in total. The third kappa shape index (κ3) is 2.91. The molecule has 0 spiro atoms. The molecule has 86 valence electrons. The SMILES string of the molecule is N[C@@]1(C(=O)O)CCN[C@H]1CCCB(O)O. The van der Waals surface area contributed by atoms with Crippen LogP contribution in [0, 0.1) is 0 Å².